The predicted molar refractivity (Wildman–Crippen MR) is 130 cm³/mol. The van der Waals surface area contributed by atoms with Gasteiger partial charge in [0.05, 0.1) is 17.3 Å². The molecule has 0 spiro atoms. The van der Waals surface area contributed by atoms with Crippen molar-refractivity contribution in [2.24, 2.45) is 7.05 Å². The minimum absolute atomic E-state index is 0.227. The van der Waals surface area contributed by atoms with Crippen LogP contribution < -0.4 is 16.2 Å². The van der Waals surface area contributed by atoms with Crippen molar-refractivity contribution in [3.8, 4) is 11.3 Å². The molecule has 0 saturated heterocycles. The molecule has 2 aromatic rings. The Hall–Kier alpha value is -4.27. The van der Waals surface area contributed by atoms with Crippen LogP contribution in [-0.2, 0) is 11.8 Å². The van der Waals surface area contributed by atoms with Crippen molar-refractivity contribution < 1.29 is 14.0 Å². The zero-order valence-corrected chi connectivity index (χ0v) is 19.4. The molecule has 3 amide bonds. The van der Waals surface area contributed by atoms with E-state index in [1.807, 2.05) is 19.1 Å². The van der Waals surface area contributed by atoms with Gasteiger partial charge in [-0.25, -0.2) is 13.9 Å². The van der Waals surface area contributed by atoms with Gasteiger partial charge in [-0.05, 0) is 43.2 Å². The van der Waals surface area contributed by atoms with Crippen molar-refractivity contribution in [3.63, 3.8) is 0 Å². The molecule has 0 saturated carbocycles. The summed E-state index contributed by atoms with van der Waals surface area (Å²) in [5.41, 5.74) is 2.99. The van der Waals surface area contributed by atoms with Gasteiger partial charge in [0, 0.05) is 37.6 Å². The van der Waals surface area contributed by atoms with E-state index in [0.717, 1.165) is 5.56 Å². The molecule has 0 radical (unpaired) electrons. The van der Waals surface area contributed by atoms with Crippen LogP contribution in [0.15, 0.2) is 83.1 Å². The van der Waals surface area contributed by atoms with E-state index in [-0.39, 0.29) is 11.1 Å². The van der Waals surface area contributed by atoms with Gasteiger partial charge in [0.2, 0.25) is 0 Å². The minimum Gasteiger partial charge on any atom is -0.327 e. The molecular formula is C25H26FN5O3. The molecule has 1 aromatic heterocycles. The molecule has 0 aliphatic carbocycles. The number of carbonyl (C=O) groups is 2. The Balaban J connectivity index is 1.91. The van der Waals surface area contributed by atoms with Crippen molar-refractivity contribution in [1.82, 2.24) is 20.0 Å². The first-order valence-electron chi connectivity index (χ1n) is 10.5. The highest BCUT2D eigenvalue weighted by molar-refractivity contribution is 6.07. The molecule has 0 unspecified atom stereocenters. The number of hydrogen-bond donors (Lipinski definition) is 2. The number of hydrogen-bond acceptors (Lipinski definition) is 4. The lowest BCUT2D eigenvalue weighted by molar-refractivity contribution is -0.113. The molecule has 3 rings (SSSR count). The summed E-state index contributed by atoms with van der Waals surface area (Å²) >= 11 is 0. The van der Waals surface area contributed by atoms with Gasteiger partial charge < -0.3 is 15.5 Å². The van der Waals surface area contributed by atoms with E-state index in [1.54, 1.807) is 26.1 Å². The quantitative estimate of drug-likeness (QED) is 0.640. The summed E-state index contributed by atoms with van der Waals surface area (Å²) < 4.78 is 14.8. The number of allylic oxidation sites excluding steroid dienone is 3. The van der Waals surface area contributed by atoms with Crippen LogP contribution in [0.3, 0.4) is 0 Å². The highest BCUT2D eigenvalue weighted by atomic mass is 19.1. The van der Waals surface area contributed by atoms with Gasteiger partial charge in [-0.1, -0.05) is 30.9 Å². The number of aryl methyl sites for hydroxylation is 2. The third-order valence-electron chi connectivity index (χ3n) is 5.34. The van der Waals surface area contributed by atoms with Crippen LogP contribution in [0.2, 0.25) is 0 Å². The third-order valence-corrected chi connectivity index (χ3v) is 5.34. The average molecular weight is 464 g/mol. The number of carbonyl (C=O) groups excluding carboxylic acids is 2. The zero-order valence-electron chi connectivity index (χ0n) is 19.4. The van der Waals surface area contributed by atoms with Crippen LogP contribution in [0.5, 0.6) is 0 Å². The Bertz CT molecular complexity index is 1310. The first kappa shape index (κ1) is 24.4. The SMILES string of the molecule is C=C(/C=C\C(F)=C/C)[C@@H]1NC(=O)N(C)C=C1C(=O)Nc1cc(-c2ccc(=O)n(C)n2)ccc1C. The van der Waals surface area contributed by atoms with Crippen LogP contribution >= 0.6 is 0 Å². The second kappa shape index (κ2) is 10.1. The lowest BCUT2D eigenvalue weighted by atomic mass is 9.97. The molecule has 1 aromatic carbocycles. The Labute approximate surface area is 196 Å². The molecule has 2 N–H and O–H groups in total. The summed E-state index contributed by atoms with van der Waals surface area (Å²) in [5.74, 6) is -0.915. The van der Waals surface area contributed by atoms with E-state index in [9.17, 15) is 18.8 Å². The van der Waals surface area contributed by atoms with Crippen molar-refractivity contribution in [2.75, 3.05) is 12.4 Å². The normalized spacial score (nSPS) is 16.3. The number of nitrogens with zero attached hydrogens (tertiary/aromatic N) is 3. The van der Waals surface area contributed by atoms with Crippen molar-refractivity contribution in [2.45, 2.75) is 19.9 Å². The summed E-state index contributed by atoms with van der Waals surface area (Å²) in [6, 6.07) is 7.22. The van der Waals surface area contributed by atoms with Gasteiger partial charge in [0.25, 0.3) is 11.5 Å². The van der Waals surface area contributed by atoms with Crippen LogP contribution in [-0.4, -0.2) is 39.7 Å². The summed E-state index contributed by atoms with van der Waals surface area (Å²) in [7, 11) is 3.08. The number of nitrogens with one attached hydrogen (secondary N) is 2. The lowest BCUT2D eigenvalue weighted by Gasteiger charge is -2.30. The average Bonchev–Trinajstić information content (AvgIpc) is 2.81. The van der Waals surface area contributed by atoms with E-state index in [2.05, 4.69) is 22.3 Å². The second-order valence-electron chi connectivity index (χ2n) is 7.82. The molecule has 9 heteroatoms. The fraction of sp³-hybridized carbons (Fsp3) is 0.200. The molecule has 1 aliphatic rings. The van der Waals surface area contributed by atoms with Gasteiger partial charge in [0.1, 0.15) is 5.83 Å². The molecule has 0 fully saturated rings. The maximum atomic E-state index is 13.5. The first-order chi connectivity index (χ1) is 16.1. The summed E-state index contributed by atoms with van der Waals surface area (Å²) in [4.78, 5) is 38.4. The van der Waals surface area contributed by atoms with E-state index < -0.39 is 23.8 Å². The van der Waals surface area contributed by atoms with Crippen LogP contribution in [0.25, 0.3) is 11.3 Å². The molecule has 0 bridgehead atoms. The molecular weight excluding hydrogens is 437 g/mol. The number of rotatable bonds is 6. The number of amides is 3. The zero-order chi connectivity index (χ0) is 25.0. The topological polar surface area (TPSA) is 96.3 Å². The number of urea groups is 1. The molecule has 2 heterocycles. The highest BCUT2D eigenvalue weighted by Gasteiger charge is 2.30. The fourth-order valence-electron chi connectivity index (χ4n) is 3.27. The van der Waals surface area contributed by atoms with Crippen molar-refractivity contribution in [1.29, 1.82) is 0 Å². The van der Waals surface area contributed by atoms with E-state index in [4.69, 9.17) is 0 Å². The van der Waals surface area contributed by atoms with Gasteiger partial charge in [-0.3, -0.25) is 9.59 Å². The summed E-state index contributed by atoms with van der Waals surface area (Å²) in [5, 5.41) is 9.84. The number of anilines is 1. The second-order valence-corrected chi connectivity index (χ2v) is 7.82. The standard InChI is InChI=1S/C25H26FN5O3/c1-6-18(26)10-8-16(3)23-19(14-30(4)25(34)28-23)24(33)27-21-13-17(9-7-15(21)2)20-11-12-22(32)31(5)29-20/h6-14,23H,3H2,1-2,4-5H3,(H,27,33)(H,28,34)/b10-8-,18-6+/t23-/m0/s1. The van der Waals surface area contributed by atoms with Crippen LogP contribution in [0.1, 0.15) is 12.5 Å². The summed E-state index contributed by atoms with van der Waals surface area (Å²) in [6.07, 6.45) is 5.35. The molecule has 176 valence electrons. The third kappa shape index (κ3) is 5.37. The number of halogens is 1. The van der Waals surface area contributed by atoms with E-state index in [0.29, 0.717) is 22.5 Å². The summed E-state index contributed by atoms with van der Waals surface area (Å²) in [6.45, 7) is 7.30. The van der Waals surface area contributed by atoms with Gasteiger partial charge >= 0.3 is 6.03 Å². The highest BCUT2D eigenvalue weighted by Crippen LogP contribution is 2.26. The largest absolute Gasteiger partial charge is 0.327 e. The van der Waals surface area contributed by atoms with Gasteiger partial charge in [0.15, 0.2) is 0 Å². The monoisotopic (exact) mass is 463 g/mol. The molecule has 8 nitrogen and oxygen atoms in total. The maximum Gasteiger partial charge on any atom is 0.321 e. The Morgan fingerprint density at radius 3 is 2.62 bits per heavy atom. The fourth-order valence-corrected chi connectivity index (χ4v) is 3.27. The number of aromatic nitrogens is 2. The first-order valence-corrected chi connectivity index (χ1v) is 10.5. The Morgan fingerprint density at radius 2 is 1.94 bits per heavy atom. The maximum absolute atomic E-state index is 13.5. The van der Waals surface area contributed by atoms with Crippen molar-refractivity contribution >= 4 is 17.6 Å². The minimum atomic E-state index is -0.835. The predicted octanol–water partition coefficient (Wildman–Crippen LogP) is 3.59. The van der Waals surface area contributed by atoms with Crippen LogP contribution in [0, 0.1) is 6.92 Å². The smallest absolute Gasteiger partial charge is 0.321 e. The number of benzene rings is 1. The molecule has 1 atom stereocenters. The van der Waals surface area contributed by atoms with Gasteiger partial charge in [-0.2, -0.15) is 5.10 Å². The van der Waals surface area contributed by atoms with Crippen molar-refractivity contribution in [3.05, 3.63) is 94.2 Å². The van der Waals surface area contributed by atoms with E-state index in [1.165, 1.54) is 47.1 Å². The molecule has 1 aliphatic heterocycles. The Morgan fingerprint density at radius 1 is 1.21 bits per heavy atom. The molecule has 34 heavy (non-hydrogen) atoms. The van der Waals surface area contributed by atoms with Gasteiger partial charge in [-0.15, -0.1) is 0 Å². The van der Waals surface area contributed by atoms with Crippen LogP contribution in [0.4, 0.5) is 14.9 Å². The lowest BCUT2D eigenvalue weighted by Crippen LogP contribution is -2.49. The Kier molecular flexibility index (Phi) is 7.25. The van der Waals surface area contributed by atoms with E-state index >= 15 is 0 Å².